The highest BCUT2D eigenvalue weighted by Gasteiger charge is 2.46. The normalized spacial score (nSPS) is 16.4. The van der Waals surface area contributed by atoms with E-state index in [0.717, 1.165) is 30.4 Å². The lowest BCUT2D eigenvalue weighted by Gasteiger charge is -2.25. The number of carboxylic acid groups (broad SMARTS) is 1. The Morgan fingerprint density at radius 3 is 2.59 bits per heavy atom. The monoisotopic (exact) mass is 539 g/mol. The first-order chi connectivity index (χ1) is 17.7. The summed E-state index contributed by atoms with van der Waals surface area (Å²) >= 11 is 7.50. The fourth-order valence-corrected chi connectivity index (χ4v) is 6.22. The summed E-state index contributed by atoms with van der Waals surface area (Å²) in [6, 6.07) is 7.66. The average Bonchev–Trinajstić information content (AvgIpc) is 3.43. The van der Waals surface area contributed by atoms with E-state index in [9.17, 15) is 24.3 Å². The van der Waals surface area contributed by atoms with Crippen molar-refractivity contribution in [1.82, 2.24) is 4.57 Å². The van der Waals surface area contributed by atoms with Gasteiger partial charge in [0.2, 0.25) is 0 Å². The van der Waals surface area contributed by atoms with Crippen LogP contribution in [0.25, 0.3) is 11.1 Å². The van der Waals surface area contributed by atoms with Gasteiger partial charge >= 0.3 is 5.97 Å². The molecule has 1 spiro atoms. The number of carboxylic acids is 1. The number of ether oxygens (including phenoxy) is 1. The Kier molecular flexibility index (Phi) is 6.91. The van der Waals surface area contributed by atoms with Crippen molar-refractivity contribution in [3.63, 3.8) is 0 Å². The smallest absolute Gasteiger partial charge is 0.336 e. The average molecular weight is 540 g/mol. The van der Waals surface area contributed by atoms with Crippen LogP contribution in [-0.2, 0) is 22.4 Å². The molecule has 2 aromatic heterocycles. The largest absolute Gasteiger partial charge is 0.478 e. The Morgan fingerprint density at radius 2 is 1.92 bits per heavy atom. The Hall–Kier alpha value is -3.07. The van der Waals surface area contributed by atoms with E-state index in [1.165, 1.54) is 46.7 Å². The molecule has 1 unspecified atom stereocenters. The zero-order valence-corrected chi connectivity index (χ0v) is 21.9. The van der Waals surface area contributed by atoms with E-state index >= 15 is 0 Å². The van der Waals surface area contributed by atoms with Crippen molar-refractivity contribution in [2.24, 2.45) is 5.41 Å². The van der Waals surface area contributed by atoms with Crippen LogP contribution in [-0.4, -0.2) is 40.9 Å². The third-order valence-corrected chi connectivity index (χ3v) is 8.53. The number of fused-ring (bicyclic) bond motifs is 3. The fourth-order valence-electron chi connectivity index (χ4n) is 5.18. The van der Waals surface area contributed by atoms with Gasteiger partial charge in [-0.25, -0.2) is 4.79 Å². The minimum atomic E-state index is -1.06. The summed E-state index contributed by atoms with van der Waals surface area (Å²) in [4.78, 5) is 52.2. The number of aromatic carboxylic acids is 1. The molecule has 192 valence electrons. The highest BCUT2D eigenvalue weighted by atomic mass is 35.5. The van der Waals surface area contributed by atoms with Crippen molar-refractivity contribution in [2.45, 2.75) is 44.6 Å². The van der Waals surface area contributed by atoms with Gasteiger partial charge in [-0.15, -0.1) is 11.3 Å². The molecule has 1 N–H and O–H groups in total. The number of methoxy groups -OCH3 is 1. The summed E-state index contributed by atoms with van der Waals surface area (Å²) in [7, 11) is 1.52. The number of carbonyl (C=O) groups excluding carboxylic acids is 2. The lowest BCUT2D eigenvalue weighted by atomic mass is 9.81. The molecule has 1 atom stereocenters. The number of aromatic nitrogens is 1. The van der Waals surface area contributed by atoms with Crippen LogP contribution in [0.3, 0.4) is 0 Å². The Morgan fingerprint density at radius 1 is 1.14 bits per heavy atom. The highest BCUT2D eigenvalue weighted by molar-refractivity contribution is 7.10. The maximum Gasteiger partial charge on any atom is 0.336 e. The highest BCUT2D eigenvalue weighted by Crippen LogP contribution is 2.54. The number of pyridine rings is 1. The first kappa shape index (κ1) is 25.6. The van der Waals surface area contributed by atoms with Crippen LogP contribution in [0.5, 0.6) is 0 Å². The van der Waals surface area contributed by atoms with E-state index in [1.54, 1.807) is 6.07 Å². The molecule has 1 aromatic carbocycles. The van der Waals surface area contributed by atoms with Gasteiger partial charge in [0, 0.05) is 59.7 Å². The second-order valence-corrected chi connectivity index (χ2v) is 11.4. The van der Waals surface area contributed by atoms with E-state index in [0.29, 0.717) is 27.4 Å². The molecular weight excluding hydrogens is 514 g/mol. The van der Waals surface area contributed by atoms with Crippen LogP contribution in [0.4, 0.5) is 0 Å². The van der Waals surface area contributed by atoms with Gasteiger partial charge < -0.3 is 14.4 Å². The molecule has 0 saturated heterocycles. The van der Waals surface area contributed by atoms with E-state index in [2.05, 4.69) is 0 Å². The Bertz CT molecular complexity index is 1470. The molecule has 9 heteroatoms. The Labute approximate surface area is 222 Å². The summed E-state index contributed by atoms with van der Waals surface area (Å²) in [5, 5.41) is 11.2. The van der Waals surface area contributed by atoms with Gasteiger partial charge in [-0.2, -0.15) is 0 Å². The number of carbonyl (C=O) groups is 3. The first-order valence-electron chi connectivity index (χ1n) is 12.1. The van der Waals surface area contributed by atoms with E-state index in [4.69, 9.17) is 16.3 Å². The molecule has 1 saturated carbocycles. The molecule has 37 heavy (non-hydrogen) atoms. The van der Waals surface area contributed by atoms with Crippen LogP contribution in [0.1, 0.15) is 62.9 Å². The van der Waals surface area contributed by atoms with Crippen LogP contribution in [0.2, 0.25) is 5.02 Å². The molecule has 7 nitrogen and oxygen atoms in total. The third-order valence-electron chi connectivity index (χ3n) is 7.35. The second kappa shape index (κ2) is 10.0. The molecule has 0 bridgehead atoms. The topological polar surface area (TPSA) is 103 Å². The maximum atomic E-state index is 13.5. The molecule has 1 fully saturated rings. The lowest BCUT2D eigenvalue weighted by molar-refractivity contribution is -0.122. The summed E-state index contributed by atoms with van der Waals surface area (Å²) in [6.07, 6.45) is 4.86. The number of Topliss-reactive ketones (excluding diaryl/α,β-unsaturated/α-hetero) is 2. The number of hydrogen-bond donors (Lipinski definition) is 1. The number of rotatable bonds is 8. The van der Waals surface area contributed by atoms with Crippen molar-refractivity contribution in [2.75, 3.05) is 13.7 Å². The molecular formula is C28H26ClNO6S. The Balaban J connectivity index is 1.58. The fraction of sp³-hybridized carbons (Fsp3) is 0.357. The number of benzene rings is 1. The zero-order valence-electron chi connectivity index (χ0n) is 20.3. The third kappa shape index (κ3) is 5.19. The molecule has 0 radical (unpaired) electrons. The predicted octanol–water partition coefficient (Wildman–Crippen LogP) is 5.23. The summed E-state index contributed by atoms with van der Waals surface area (Å²) in [5.74, 6) is -1.36. The summed E-state index contributed by atoms with van der Waals surface area (Å²) in [6.45, 7) is 0.236. The van der Waals surface area contributed by atoms with Gasteiger partial charge in [0.15, 0.2) is 11.6 Å². The molecule has 5 rings (SSSR count). The quantitative estimate of drug-likeness (QED) is 0.420. The SMILES string of the molecule is COCCC(C(=O)Cc1cc(C(=O)O)cs1)n1cc2c(cc1=O)-c1cc(Cl)ccc1CC1(CC1)CC2=O. The van der Waals surface area contributed by atoms with Crippen LogP contribution in [0.15, 0.2) is 46.7 Å². The molecule has 0 aliphatic heterocycles. The number of halogens is 1. The number of ketones is 2. The molecule has 0 amide bonds. The van der Waals surface area contributed by atoms with Crippen LogP contribution in [0, 0.1) is 5.41 Å². The van der Waals surface area contributed by atoms with Gasteiger partial charge in [0.25, 0.3) is 5.56 Å². The van der Waals surface area contributed by atoms with Gasteiger partial charge in [0.1, 0.15) is 0 Å². The van der Waals surface area contributed by atoms with Gasteiger partial charge in [-0.3, -0.25) is 14.4 Å². The van der Waals surface area contributed by atoms with Crippen molar-refractivity contribution in [3.05, 3.63) is 78.9 Å². The minimum Gasteiger partial charge on any atom is -0.478 e. The molecule has 2 aliphatic rings. The van der Waals surface area contributed by atoms with Crippen molar-refractivity contribution in [3.8, 4) is 11.1 Å². The minimum absolute atomic E-state index is 0.0225. The standard InChI is InChI=1S/C28H26ClNO6S/c1-36-7-4-23(24(31)10-19-8-17(15-37-19)27(34)35)30-14-22-21(11-26(30)33)20-9-18(29)3-2-16(20)12-28(5-6-28)13-25(22)32/h2-3,8-9,11,14-15,23H,4-7,10,12-13H2,1H3,(H,34,35). The van der Waals surface area contributed by atoms with Crippen LogP contribution >= 0.6 is 22.9 Å². The van der Waals surface area contributed by atoms with Crippen molar-refractivity contribution in [1.29, 1.82) is 0 Å². The number of hydrogen-bond acceptors (Lipinski definition) is 6. The predicted molar refractivity (Wildman–Crippen MR) is 141 cm³/mol. The van der Waals surface area contributed by atoms with E-state index < -0.39 is 17.6 Å². The van der Waals surface area contributed by atoms with Gasteiger partial charge in [-0.1, -0.05) is 17.7 Å². The maximum absolute atomic E-state index is 13.5. The summed E-state index contributed by atoms with van der Waals surface area (Å²) in [5.41, 5.74) is 2.46. The first-order valence-corrected chi connectivity index (χ1v) is 13.4. The number of thiophene rings is 1. The van der Waals surface area contributed by atoms with Gasteiger partial charge in [0.05, 0.1) is 11.6 Å². The summed E-state index contributed by atoms with van der Waals surface area (Å²) < 4.78 is 6.55. The lowest BCUT2D eigenvalue weighted by Crippen LogP contribution is -2.32. The van der Waals surface area contributed by atoms with Crippen molar-refractivity contribution < 1.29 is 24.2 Å². The molecule has 2 heterocycles. The zero-order chi connectivity index (χ0) is 26.3. The van der Waals surface area contributed by atoms with E-state index in [-0.39, 0.29) is 42.0 Å². The molecule has 3 aromatic rings. The van der Waals surface area contributed by atoms with Crippen molar-refractivity contribution >= 4 is 40.5 Å². The second-order valence-electron chi connectivity index (χ2n) is 9.97. The number of nitrogens with zero attached hydrogens (tertiary/aromatic N) is 1. The molecule has 2 aliphatic carbocycles. The van der Waals surface area contributed by atoms with Gasteiger partial charge in [-0.05, 0) is 66.0 Å². The van der Waals surface area contributed by atoms with Crippen LogP contribution < -0.4 is 5.56 Å². The van der Waals surface area contributed by atoms with E-state index in [1.807, 2.05) is 12.1 Å².